The fraction of sp³-hybridized carbons (Fsp3) is 0.286. The van der Waals surface area contributed by atoms with Gasteiger partial charge in [-0.3, -0.25) is 0 Å². The molecular formula is C14H15N3O. The van der Waals surface area contributed by atoms with Crippen LogP contribution in [-0.4, -0.2) is 4.98 Å². The van der Waals surface area contributed by atoms with E-state index in [4.69, 9.17) is 9.68 Å². The normalized spacial score (nSPS) is 10.1. The number of aromatic nitrogens is 1. The second-order valence-corrected chi connectivity index (χ2v) is 4.28. The van der Waals surface area contributed by atoms with Crippen LogP contribution in [0.1, 0.15) is 28.3 Å². The van der Waals surface area contributed by atoms with Gasteiger partial charge in [-0.2, -0.15) is 5.26 Å². The summed E-state index contributed by atoms with van der Waals surface area (Å²) in [6, 6.07) is 7.91. The second kappa shape index (κ2) is 4.92. The Morgan fingerprint density at radius 2 is 2.11 bits per heavy atom. The lowest BCUT2D eigenvalue weighted by atomic mass is 10.1. The van der Waals surface area contributed by atoms with Crippen molar-refractivity contribution in [3.8, 4) is 6.07 Å². The molecule has 0 aliphatic rings. The molecule has 92 valence electrons. The van der Waals surface area contributed by atoms with E-state index in [2.05, 4.69) is 16.4 Å². The molecule has 0 aliphatic carbocycles. The standard InChI is InChI=1S/C14H15N3O/c1-9-6-10(2)17-14(13(9)7-15)16-8-12-5-4-11(3)18-12/h4-6H,8H2,1-3H3,(H,16,17). The third-order valence-electron chi connectivity index (χ3n) is 2.68. The molecule has 0 atom stereocenters. The first kappa shape index (κ1) is 12.2. The van der Waals surface area contributed by atoms with Crippen molar-refractivity contribution in [2.24, 2.45) is 0 Å². The summed E-state index contributed by atoms with van der Waals surface area (Å²) in [4.78, 5) is 4.35. The first-order valence-corrected chi connectivity index (χ1v) is 5.77. The van der Waals surface area contributed by atoms with Gasteiger partial charge >= 0.3 is 0 Å². The number of aryl methyl sites for hydroxylation is 3. The van der Waals surface area contributed by atoms with Crippen molar-refractivity contribution in [2.45, 2.75) is 27.3 Å². The first-order chi connectivity index (χ1) is 8.60. The number of hydrogen-bond donors (Lipinski definition) is 1. The van der Waals surface area contributed by atoms with Crippen LogP contribution in [0.2, 0.25) is 0 Å². The molecule has 0 fully saturated rings. The van der Waals surface area contributed by atoms with Crippen LogP contribution in [-0.2, 0) is 6.54 Å². The van der Waals surface area contributed by atoms with Crippen molar-refractivity contribution in [3.63, 3.8) is 0 Å². The number of nitriles is 1. The van der Waals surface area contributed by atoms with Gasteiger partial charge in [-0.15, -0.1) is 0 Å². The lowest BCUT2D eigenvalue weighted by Gasteiger charge is -2.09. The quantitative estimate of drug-likeness (QED) is 0.897. The summed E-state index contributed by atoms with van der Waals surface area (Å²) in [5, 5.41) is 12.3. The zero-order valence-corrected chi connectivity index (χ0v) is 10.7. The summed E-state index contributed by atoms with van der Waals surface area (Å²) in [7, 11) is 0. The van der Waals surface area contributed by atoms with Crippen LogP contribution >= 0.6 is 0 Å². The molecule has 0 aromatic carbocycles. The Balaban J connectivity index is 2.21. The Morgan fingerprint density at radius 1 is 1.33 bits per heavy atom. The number of nitrogens with one attached hydrogen (secondary N) is 1. The Labute approximate surface area is 106 Å². The highest BCUT2D eigenvalue weighted by Gasteiger charge is 2.08. The molecule has 4 nitrogen and oxygen atoms in total. The van der Waals surface area contributed by atoms with Gasteiger partial charge in [-0.1, -0.05) is 0 Å². The highest BCUT2D eigenvalue weighted by Crippen LogP contribution is 2.18. The van der Waals surface area contributed by atoms with Gasteiger partial charge in [0.25, 0.3) is 0 Å². The largest absolute Gasteiger partial charge is 0.465 e. The molecule has 0 aliphatic heterocycles. The minimum Gasteiger partial charge on any atom is -0.465 e. The van der Waals surface area contributed by atoms with Crippen molar-refractivity contribution in [2.75, 3.05) is 5.32 Å². The van der Waals surface area contributed by atoms with E-state index in [0.29, 0.717) is 17.9 Å². The predicted octanol–water partition coefficient (Wildman–Crippen LogP) is 3.08. The highest BCUT2D eigenvalue weighted by molar-refractivity contribution is 5.56. The van der Waals surface area contributed by atoms with Crippen LogP contribution in [0, 0.1) is 32.1 Å². The van der Waals surface area contributed by atoms with Crippen molar-refractivity contribution in [1.82, 2.24) is 4.98 Å². The molecule has 2 heterocycles. The van der Waals surface area contributed by atoms with Crippen molar-refractivity contribution >= 4 is 5.82 Å². The van der Waals surface area contributed by atoms with Crippen molar-refractivity contribution < 1.29 is 4.42 Å². The Bertz CT molecular complexity index is 608. The molecular weight excluding hydrogens is 226 g/mol. The van der Waals surface area contributed by atoms with E-state index in [9.17, 15) is 0 Å². The molecule has 2 rings (SSSR count). The molecule has 0 spiro atoms. The number of hydrogen-bond acceptors (Lipinski definition) is 4. The van der Waals surface area contributed by atoms with Gasteiger partial charge in [0.1, 0.15) is 23.4 Å². The number of anilines is 1. The minimum absolute atomic E-state index is 0.526. The number of pyridine rings is 1. The molecule has 0 bridgehead atoms. The summed E-state index contributed by atoms with van der Waals surface area (Å²) in [6.45, 7) is 6.25. The van der Waals surface area contributed by atoms with Crippen LogP contribution in [0.25, 0.3) is 0 Å². The monoisotopic (exact) mass is 241 g/mol. The van der Waals surface area contributed by atoms with E-state index >= 15 is 0 Å². The van der Waals surface area contributed by atoms with Gasteiger partial charge in [0, 0.05) is 5.69 Å². The number of rotatable bonds is 3. The lowest BCUT2D eigenvalue weighted by Crippen LogP contribution is -2.05. The molecule has 0 saturated heterocycles. The highest BCUT2D eigenvalue weighted by atomic mass is 16.3. The molecule has 0 unspecified atom stereocenters. The summed E-state index contributed by atoms with van der Waals surface area (Å²) < 4.78 is 5.47. The first-order valence-electron chi connectivity index (χ1n) is 5.77. The Hall–Kier alpha value is -2.28. The van der Waals surface area contributed by atoms with Gasteiger partial charge in [0.15, 0.2) is 0 Å². The zero-order valence-electron chi connectivity index (χ0n) is 10.7. The van der Waals surface area contributed by atoms with Gasteiger partial charge in [0.05, 0.1) is 12.1 Å². The van der Waals surface area contributed by atoms with E-state index in [-0.39, 0.29) is 0 Å². The van der Waals surface area contributed by atoms with Gasteiger partial charge in [-0.05, 0) is 44.5 Å². The molecule has 0 radical (unpaired) electrons. The maximum absolute atomic E-state index is 9.14. The van der Waals surface area contributed by atoms with Crippen LogP contribution in [0.5, 0.6) is 0 Å². The van der Waals surface area contributed by atoms with E-state index in [1.807, 2.05) is 39.0 Å². The molecule has 1 N–H and O–H groups in total. The average molecular weight is 241 g/mol. The molecule has 2 aromatic heterocycles. The fourth-order valence-corrected chi connectivity index (χ4v) is 1.86. The summed E-state index contributed by atoms with van der Waals surface area (Å²) in [5.74, 6) is 2.32. The number of furan rings is 1. The third-order valence-corrected chi connectivity index (χ3v) is 2.68. The summed E-state index contributed by atoms with van der Waals surface area (Å²) in [5.41, 5.74) is 2.41. The molecule has 4 heteroatoms. The second-order valence-electron chi connectivity index (χ2n) is 4.28. The van der Waals surface area contributed by atoms with Crippen LogP contribution in [0.4, 0.5) is 5.82 Å². The minimum atomic E-state index is 0.526. The SMILES string of the molecule is Cc1cc(C)c(C#N)c(NCc2ccc(C)o2)n1. The van der Waals surface area contributed by atoms with Crippen molar-refractivity contribution in [1.29, 1.82) is 5.26 Å². The number of nitrogens with zero attached hydrogens (tertiary/aromatic N) is 2. The lowest BCUT2D eigenvalue weighted by molar-refractivity contribution is 0.490. The third kappa shape index (κ3) is 2.51. The van der Waals surface area contributed by atoms with E-state index in [1.54, 1.807) is 0 Å². The zero-order chi connectivity index (χ0) is 13.1. The summed E-state index contributed by atoms with van der Waals surface area (Å²) >= 11 is 0. The maximum Gasteiger partial charge on any atom is 0.144 e. The average Bonchev–Trinajstić information content (AvgIpc) is 2.72. The molecule has 0 saturated carbocycles. The van der Waals surface area contributed by atoms with E-state index < -0.39 is 0 Å². The predicted molar refractivity (Wildman–Crippen MR) is 69.2 cm³/mol. The van der Waals surface area contributed by atoms with Crippen LogP contribution in [0.15, 0.2) is 22.6 Å². The summed E-state index contributed by atoms with van der Waals surface area (Å²) in [6.07, 6.45) is 0. The van der Waals surface area contributed by atoms with Crippen molar-refractivity contribution in [3.05, 3.63) is 46.5 Å². The Kier molecular flexibility index (Phi) is 3.33. The molecule has 18 heavy (non-hydrogen) atoms. The molecule has 2 aromatic rings. The van der Waals surface area contributed by atoms with E-state index in [1.165, 1.54) is 0 Å². The van der Waals surface area contributed by atoms with Gasteiger partial charge in [0.2, 0.25) is 0 Å². The fourth-order valence-electron chi connectivity index (χ4n) is 1.86. The van der Waals surface area contributed by atoms with E-state index in [0.717, 1.165) is 22.8 Å². The topological polar surface area (TPSA) is 61.9 Å². The maximum atomic E-state index is 9.14. The molecule has 0 amide bonds. The van der Waals surface area contributed by atoms with Crippen LogP contribution in [0.3, 0.4) is 0 Å². The Morgan fingerprint density at radius 3 is 2.72 bits per heavy atom. The smallest absolute Gasteiger partial charge is 0.144 e. The van der Waals surface area contributed by atoms with Crippen LogP contribution < -0.4 is 5.32 Å². The van der Waals surface area contributed by atoms with Gasteiger partial charge in [-0.25, -0.2) is 4.98 Å². The van der Waals surface area contributed by atoms with Gasteiger partial charge < -0.3 is 9.73 Å².